The summed E-state index contributed by atoms with van der Waals surface area (Å²) >= 11 is 0. The molecule has 0 fully saturated rings. The van der Waals surface area contributed by atoms with Crippen LogP contribution in [0, 0.1) is 11.3 Å². The van der Waals surface area contributed by atoms with Gasteiger partial charge in [0.15, 0.2) is 0 Å². The molecule has 11 aromatic rings. The predicted molar refractivity (Wildman–Crippen MR) is 230 cm³/mol. The summed E-state index contributed by atoms with van der Waals surface area (Å²) in [7, 11) is 0. The second-order valence-corrected chi connectivity index (χ2v) is 14.2. The molecule has 0 saturated heterocycles. The molecule has 0 aliphatic carbocycles. The first kappa shape index (κ1) is 31.1. The van der Waals surface area contributed by atoms with Crippen LogP contribution in [0.15, 0.2) is 192 Å². The van der Waals surface area contributed by atoms with E-state index in [0.717, 1.165) is 71.3 Å². The smallest absolute Gasteiger partial charge is 0.143 e. The Labute approximate surface area is 317 Å². The van der Waals surface area contributed by atoms with E-state index in [1.807, 2.05) is 18.2 Å². The Morgan fingerprint density at radius 2 is 0.764 bits per heavy atom. The van der Waals surface area contributed by atoms with Crippen molar-refractivity contribution < 1.29 is 4.42 Å². The molecule has 0 bridgehead atoms. The predicted octanol–water partition coefficient (Wildman–Crippen LogP) is 14.7. The van der Waals surface area contributed by atoms with Gasteiger partial charge in [-0.05, 0) is 89.1 Å². The minimum atomic E-state index is 0.663. The van der Waals surface area contributed by atoms with Crippen LogP contribution in [-0.2, 0) is 0 Å². The van der Waals surface area contributed by atoms with Gasteiger partial charge in [0.1, 0.15) is 11.2 Å². The second-order valence-electron chi connectivity index (χ2n) is 14.2. The van der Waals surface area contributed by atoms with E-state index >= 15 is 0 Å². The van der Waals surface area contributed by atoms with Crippen molar-refractivity contribution in [3.63, 3.8) is 0 Å². The molecule has 1 aromatic heterocycles. The molecule has 0 aliphatic rings. The van der Waals surface area contributed by atoms with Gasteiger partial charge in [-0.3, -0.25) is 0 Å². The molecule has 11 rings (SSSR count). The van der Waals surface area contributed by atoms with Crippen molar-refractivity contribution in [1.82, 2.24) is 0 Å². The minimum absolute atomic E-state index is 0.663. The van der Waals surface area contributed by atoms with Crippen molar-refractivity contribution in [2.75, 3.05) is 0 Å². The molecular formula is C53H31NO. The van der Waals surface area contributed by atoms with Gasteiger partial charge in [-0.1, -0.05) is 170 Å². The third kappa shape index (κ3) is 4.67. The number of hydrogen-bond donors (Lipinski definition) is 0. The van der Waals surface area contributed by atoms with E-state index in [4.69, 9.17) is 4.42 Å². The van der Waals surface area contributed by atoms with Crippen molar-refractivity contribution >= 4 is 65.0 Å². The summed E-state index contributed by atoms with van der Waals surface area (Å²) < 4.78 is 7.02. The van der Waals surface area contributed by atoms with Crippen LogP contribution in [0.5, 0.6) is 0 Å². The second kappa shape index (κ2) is 12.3. The van der Waals surface area contributed by atoms with Gasteiger partial charge in [0.05, 0.1) is 11.6 Å². The monoisotopic (exact) mass is 697 g/mol. The zero-order valence-electron chi connectivity index (χ0n) is 29.8. The molecule has 0 saturated carbocycles. The van der Waals surface area contributed by atoms with E-state index in [1.165, 1.54) is 38.2 Å². The lowest BCUT2D eigenvalue weighted by Gasteiger charge is -2.18. The molecule has 0 radical (unpaired) electrons. The van der Waals surface area contributed by atoms with Gasteiger partial charge >= 0.3 is 0 Å². The van der Waals surface area contributed by atoms with Gasteiger partial charge in [-0.15, -0.1) is 0 Å². The molecule has 254 valence electrons. The number of nitrogens with zero attached hydrogens (tertiary/aromatic N) is 1. The van der Waals surface area contributed by atoms with Gasteiger partial charge in [-0.25, -0.2) is 0 Å². The molecule has 1 heterocycles. The first-order valence-electron chi connectivity index (χ1n) is 18.7. The first-order chi connectivity index (χ1) is 27.3. The van der Waals surface area contributed by atoms with E-state index in [-0.39, 0.29) is 0 Å². The van der Waals surface area contributed by atoms with Crippen molar-refractivity contribution in [3.05, 3.63) is 194 Å². The van der Waals surface area contributed by atoms with Crippen LogP contribution in [0.25, 0.3) is 110 Å². The summed E-state index contributed by atoms with van der Waals surface area (Å²) in [5.74, 6) is 0. The number of hydrogen-bond acceptors (Lipinski definition) is 2. The number of rotatable bonds is 4. The van der Waals surface area contributed by atoms with Crippen LogP contribution < -0.4 is 0 Å². The normalized spacial score (nSPS) is 11.6. The molecule has 55 heavy (non-hydrogen) atoms. The van der Waals surface area contributed by atoms with Gasteiger partial charge < -0.3 is 4.42 Å². The SMILES string of the molecule is N#Cc1ccccc1-c1c2ccccc2c(-c2cccc3c2oc2cc(-c4c5ccccc5c(-c5ccccc5)c5ccccc45)ccc23)c2ccccc12. The summed E-state index contributed by atoms with van der Waals surface area (Å²) in [6, 6.07) is 69.0. The standard InChI is InChI=1S/C53H31NO/c54-32-35-17-4-5-18-36(35)51-42-23-10-12-25-44(42)52(45-26-13-11-24-43(45)51)47-28-14-27-46-37-30-29-34(31-48(37)55-53(46)47)50-40-21-8-6-19-38(40)49(33-15-2-1-3-16-33)39-20-7-9-22-41(39)50/h1-31H. The molecule has 0 N–H and O–H groups in total. The number of nitriles is 1. The third-order valence-corrected chi connectivity index (χ3v) is 11.3. The summed E-state index contributed by atoms with van der Waals surface area (Å²) in [6.45, 7) is 0. The van der Waals surface area contributed by atoms with Crippen molar-refractivity contribution in [3.8, 4) is 50.6 Å². The molecule has 10 aromatic carbocycles. The molecule has 2 heteroatoms. The minimum Gasteiger partial charge on any atom is -0.455 e. The average molecular weight is 698 g/mol. The highest BCUT2D eigenvalue weighted by Crippen LogP contribution is 2.48. The highest BCUT2D eigenvalue weighted by atomic mass is 16.3. The summed E-state index contributed by atoms with van der Waals surface area (Å²) in [5, 5.41) is 21.6. The van der Waals surface area contributed by atoms with Gasteiger partial charge in [0.2, 0.25) is 0 Å². The molecule has 0 spiro atoms. The zero-order chi connectivity index (χ0) is 36.5. The summed E-state index contributed by atoms with van der Waals surface area (Å²) in [6.07, 6.45) is 0. The van der Waals surface area contributed by atoms with Gasteiger partial charge in [-0.2, -0.15) is 5.26 Å². The number of fused-ring (bicyclic) bond motifs is 7. The molecule has 2 nitrogen and oxygen atoms in total. The van der Waals surface area contributed by atoms with Gasteiger partial charge in [0, 0.05) is 27.5 Å². The zero-order valence-corrected chi connectivity index (χ0v) is 29.8. The maximum Gasteiger partial charge on any atom is 0.143 e. The molecule has 0 aliphatic heterocycles. The van der Waals surface area contributed by atoms with E-state index < -0.39 is 0 Å². The Morgan fingerprint density at radius 1 is 0.327 bits per heavy atom. The lowest BCUT2D eigenvalue weighted by Crippen LogP contribution is -1.92. The Balaban J connectivity index is 1.18. The third-order valence-electron chi connectivity index (χ3n) is 11.3. The fourth-order valence-electron chi connectivity index (χ4n) is 9.01. The number of para-hydroxylation sites is 1. The fraction of sp³-hybridized carbons (Fsp3) is 0. The number of furan rings is 1. The molecule has 0 amide bonds. The Hall–Kier alpha value is -7.47. The lowest BCUT2D eigenvalue weighted by molar-refractivity contribution is 0.670. The molecule has 0 unspecified atom stereocenters. The van der Waals surface area contributed by atoms with Crippen LogP contribution in [0.3, 0.4) is 0 Å². The van der Waals surface area contributed by atoms with E-state index in [9.17, 15) is 5.26 Å². The van der Waals surface area contributed by atoms with Gasteiger partial charge in [0.25, 0.3) is 0 Å². The van der Waals surface area contributed by atoms with Crippen molar-refractivity contribution in [1.29, 1.82) is 5.26 Å². The van der Waals surface area contributed by atoms with E-state index in [2.05, 4.69) is 176 Å². The number of benzene rings is 10. The van der Waals surface area contributed by atoms with Crippen molar-refractivity contribution in [2.24, 2.45) is 0 Å². The van der Waals surface area contributed by atoms with Crippen LogP contribution in [0.4, 0.5) is 0 Å². The highest BCUT2D eigenvalue weighted by Gasteiger charge is 2.22. The first-order valence-corrected chi connectivity index (χ1v) is 18.7. The van der Waals surface area contributed by atoms with Crippen LogP contribution >= 0.6 is 0 Å². The van der Waals surface area contributed by atoms with E-state index in [0.29, 0.717) is 5.56 Å². The van der Waals surface area contributed by atoms with Crippen LogP contribution in [0.1, 0.15) is 5.56 Å². The largest absolute Gasteiger partial charge is 0.455 e. The maximum absolute atomic E-state index is 10.1. The molecular weight excluding hydrogens is 667 g/mol. The molecule has 0 atom stereocenters. The van der Waals surface area contributed by atoms with Crippen LogP contribution in [0.2, 0.25) is 0 Å². The topological polar surface area (TPSA) is 36.9 Å². The Kier molecular flexibility index (Phi) is 6.96. The average Bonchev–Trinajstić information content (AvgIpc) is 3.63. The summed E-state index contributed by atoms with van der Waals surface area (Å²) in [5.41, 5.74) is 11.4. The van der Waals surface area contributed by atoms with Crippen LogP contribution in [-0.4, -0.2) is 0 Å². The fourth-order valence-corrected chi connectivity index (χ4v) is 9.01. The lowest BCUT2D eigenvalue weighted by atomic mass is 9.84. The Morgan fingerprint density at radius 3 is 1.33 bits per heavy atom. The van der Waals surface area contributed by atoms with E-state index in [1.54, 1.807) is 0 Å². The maximum atomic E-state index is 10.1. The highest BCUT2D eigenvalue weighted by molar-refractivity contribution is 6.25. The van der Waals surface area contributed by atoms with Crippen molar-refractivity contribution in [2.45, 2.75) is 0 Å². The summed E-state index contributed by atoms with van der Waals surface area (Å²) in [4.78, 5) is 0. The quantitative estimate of drug-likeness (QED) is 0.172. The Bertz CT molecular complexity index is 3270.